The third-order valence-corrected chi connectivity index (χ3v) is 6.71. The number of hydrogen-bond donors (Lipinski definition) is 0. The molecule has 27 heavy (non-hydrogen) atoms. The van der Waals surface area contributed by atoms with Crippen molar-refractivity contribution in [3.8, 4) is 0 Å². The highest BCUT2D eigenvalue weighted by atomic mass is 32.1. The van der Waals surface area contributed by atoms with E-state index in [-0.39, 0.29) is 0 Å². The van der Waals surface area contributed by atoms with Crippen LogP contribution < -0.4 is 4.90 Å². The van der Waals surface area contributed by atoms with Crippen molar-refractivity contribution >= 4 is 43.7 Å². The van der Waals surface area contributed by atoms with Crippen LogP contribution >= 0.6 is 22.7 Å². The van der Waals surface area contributed by atoms with Crippen molar-refractivity contribution < 1.29 is 4.74 Å². The lowest BCUT2D eigenvalue weighted by molar-refractivity contribution is 0.0394. The Morgan fingerprint density at radius 2 is 2.04 bits per heavy atom. The van der Waals surface area contributed by atoms with Crippen LogP contribution in [0.4, 0.5) is 10.8 Å². The van der Waals surface area contributed by atoms with Gasteiger partial charge in [-0.15, -0.1) is 22.7 Å². The molecule has 0 N–H and O–H groups in total. The molecule has 4 heterocycles. The molecular formula is C20H26N4OS2. The Bertz CT molecular complexity index is 870. The molecule has 1 fully saturated rings. The molecule has 1 saturated heterocycles. The number of rotatable bonds is 7. The Balaban J connectivity index is 1.62. The highest BCUT2D eigenvalue weighted by Crippen LogP contribution is 2.36. The molecule has 1 aliphatic heterocycles. The van der Waals surface area contributed by atoms with E-state index in [2.05, 4.69) is 57.2 Å². The van der Waals surface area contributed by atoms with E-state index in [1.54, 1.807) is 17.7 Å². The average Bonchev–Trinajstić information content (AvgIpc) is 3.32. The molecule has 4 rings (SSSR count). The second-order valence-corrected chi connectivity index (χ2v) is 9.32. The van der Waals surface area contributed by atoms with Gasteiger partial charge >= 0.3 is 0 Å². The molecule has 0 bridgehead atoms. The molecule has 0 aliphatic carbocycles. The third-order valence-electron chi connectivity index (χ3n) is 4.76. The summed E-state index contributed by atoms with van der Waals surface area (Å²) in [6, 6.07) is 6.66. The molecule has 0 aromatic carbocycles. The van der Waals surface area contributed by atoms with E-state index in [1.807, 2.05) is 11.3 Å². The van der Waals surface area contributed by atoms with E-state index < -0.39 is 0 Å². The van der Waals surface area contributed by atoms with Crippen LogP contribution in [0.5, 0.6) is 0 Å². The van der Waals surface area contributed by atoms with Gasteiger partial charge in [0.1, 0.15) is 17.0 Å². The fourth-order valence-corrected chi connectivity index (χ4v) is 5.38. The second kappa shape index (κ2) is 8.65. The van der Waals surface area contributed by atoms with Crippen LogP contribution in [0.1, 0.15) is 18.7 Å². The zero-order chi connectivity index (χ0) is 18.6. The summed E-state index contributed by atoms with van der Waals surface area (Å²) in [5.74, 6) is 1.69. The Morgan fingerprint density at radius 3 is 2.85 bits per heavy atom. The number of fused-ring (bicyclic) bond motifs is 1. The Morgan fingerprint density at radius 1 is 1.19 bits per heavy atom. The Hall–Kier alpha value is -1.54. The predicted octanol–water partition coefficient (Wildman–Crippen LogP) is 4.42. The summed E-state index contributed by atoms with van der Waals surface area (Å²) in [5.41, 5.74) is 0. The minimum Gasteiger partial charge on any atom is -0.379 e. The monoisotopic (exact) mass is 402 g/mol. The fourth-order valence-electron chi connectivity index (χ4n) is 3.40. The van der Waals surface area contributed by atoms with Crippen molar-refractivity contribution in [2.45, 2.75) is 20.3 Å². The van der Waals surface area contributed by atoms with Crippen molar-refractivity contribution in [3.63, 3.8) is 0 Å². The summed E-state index contributed by atoms with van der Waals surface area (Å²) < 4.78 is 5.49. The lowest BCUT2D eigenvalue weighted by Crippen LogP contribution is -2.40. The molecule has 3 aromatic heterocycles. The molecule has 0 atom stereocenters. The van der Waals surface area contributed by atoms with Crippen LogP contribution in [-0.4, -0.2) is 54.3 Å². The molecule has 0 radical (unpaired) electrons. The van der Waals surface area contributed by atoms with E-state index in [0.29, 0.717) is 5.92 Å². The van der Waals surface area contributed by atoms with Gasteiger partial charge in [0.05, 0.1) is 23.6 Å². The standard InChI is InChI=1S/C20H26N4OS2/c1-15(2)13-16-3-4-18(27-16)24(7-6-23-8-10-25-11-9-23)19-17-5-12-26-20(17)22-14-21-19/h3-5,12,14-15H,6-11,13H2,1-2H3. The first-order valence-electron chi connectivity index (χ1n) is 9.55. The summed E-state index contributed by atoms with van der Waals surface area (Å²) in [5, 5.41) is 4.51. The third kappa shape index (κ3) is 4.48. The summed E-state index contributed by atoms with van der Waals surface area (Å²) >= 11 is 3.56. The normalized spacial score (nSPS) is 15.7. The molecule has 0 spiro atoms. The minimum atomic E-state index is 0.668. The average molecular weight is 403 g/mol. The van der Waals surface area contributed by atoms with Crippen molar-refractivity contribution in [3.05, 3.63) is 34.8 Å². The molecule has 0 saturated carbocycles. The van der Waals surface area contributed by atoms with E-state index in [9.17, 15) is 0 Å². The smallest absolute Gasteiger partial charge is 0.145 e. The molecule has 0 unspecified atom stereocenters. The van der Waals surface area contributed by atoms with Crippen LogP contribution in [0.2, 0.25) is 0 Å². The molecular weight excluding hydrogens is 376 g/mol. The van der Waals surface area contributed by atoms with Crippen LogP contribution in [0.15, 0.2) is 29.9 Å². The van der Waals surface area contributed by atoms with Gasteiger partial charge in [-0.3, -0.25) is 4.90 Å². The lowest BCUT2D eigenvalue weighted by atomic mass is 10.1. The lowest BCUT2D eigenvalue weighted by Gasteiger charge is -2.30. The number of hydrogen-bond acceptors (Lipinski definition) is 7. The number of ether oxygens (including phenoxy) is 1. The SMILES string of the molecule is CC(C)Cc1ccc(N(CCN2CCOCC2)c2ncnc3sccc23)s1. The highest BCUT2D eigenvalue weighted by Gasteiger charge is 2.19. The predicted molar refractivity (Wildman–Crippen MR) is 115 cm³/mol. The Labute approximate surface area is 168 Å². The van der Waals surface area contributed by atoms with E-state index in [1.165, 1.54) is 9.88 Å². The van der Waals surface area contributed by atoms with Gasteiger partial charge in [-0.05, 0) is 35.9 Å². The van der Waals surface area contributed by atoms with Gasteiger partial charge in [-0.25, -0.2) is 9.97 Å². The maximum atomic E-state index is 5.49. The van der Waals surface area contributed by atoms with Crippen molar-refractivity contribution in [1.29, 1.82) is 0 Å². The highest BCUT2D eigenvalue weighted by molar-refractivity contribution is 7.17. The molecule has 3 aromatic rings. The molecule has 0 amide bonds. The Kier molecular flexibility index (Phi) is 6.02. The van der Waals surface area contributed by atoms with Crippen molar-refractivity contribution in [1.82, 2.24) is 14.9 Å². The van der Waals surface area contributed by atoms with E-state index in [0.717, 1.165) is 61.8 Å². The zero-order valence-corrected chi connectivity index (χ0v) is 17.6. The van der Waals surface area contributed by atoms with Crippen LogP contribution in [0.25, 0.3) is 10.2 Å². The summed E-state index contributed by atoms with van der Waals surface area (Å²) in [6.45, 7) is 10.2. The van der Waals surface area contributed by atoms with Gasteiger partial charge in [0.15, 0.2) is 0 Å². The molecule has 5 nitrogen and oxygen atoms in total. The summed E-state index contributed by atoms with van der Waals surface area (Å²) in [6.07, 6.45) is 2.82. The van der Waals surface area contributed by atoms with Crippen LogP contribution in [0, 0.1) is 5.92 Å². The molecule has 1 aliphatic rings. The van der Waals surface area contributed by atoms with Crippen molar-refractivity contribution in [2.24, 2.45) is 5.92 Å². The number of morpholine rings is 1. The van der Waals surface area contributed by atoms with Gasteiger partial charge in [-0.1, -0.05) is 13.8 Å². The molecule has 7 heteroatoms. The van der Waals surface area contributed by atoms with Gasteiger partial charge in [-0.2, -0.15) is 0 Å². The zero-order valence-electron chi connectivity index (χ0n) is 15.9. The number of anilines is 2. The van der Waals surface area contributed by atoms with E-state index >= 15 is 0 Å². The first kappa shape index (κ1) is 18.8. The first-order valence-corrected chi connectivity index (χ1v) is 11.2. The van der Waals surface area contributed by atoms with Crippen LogP contribution in [-0.2, 0) is 11.2 Å². The second-order valence-electron chi connectivity index (χ2n) is 7.28. The maximum absolute atomic E-state index is 5.49. The fraction of sp³-hybridized carbons (Fsp3) is 0.500. The van der Waals surface area contributed by atoms with Gasteiger partial charge < -0.3 is 9.64 Å². The topological polar surface area (TPSA) is 41.5 Å². The number of nitrogens with zero attached hydrogens (tertiary/aromatic N) is 4. The number of thiophene rings is 2. The minimum absolute atomic E-state index is 0.668. The largest absolute Gasteiger partial charge is 0.379 e. The van der Waals surface area contributed by atoms with Gasteiger partial charge in [0.25, 0.3) is 0 Å². The van der Waals surface area contributed by atoms with Crippen molar-refractivity contribution in [2.75, 3.05) is 44.3 Å². The van der Waals surface area contributed by atoms with Crippen LogP contribution in [0.3, 0.4) is 0 Å². The van der Waals surface area contributed by atoms with Gasteiger partial charge in [0.2, 0.25) is 0 Å². The first-order chi connectivity index (χ1) is 13.2. The summed E-state index contributed by atoms with van der Waals surface area (Å²) in [4.78, 5) is 16.4. The summed E-state index contributed by atoms with van der Waals surface area (Å²) in [7, 11) is 0. The maximum Gasteiger partial charge on any atom is 0.145 e. The molecule has 144 valence electrons. The van der Waals surface area contributed by atoms with E-state index in [4.69, 9.17) is 4.74 Å². The quantitative estimate of drug-likeness (QED) is 0.585. The number of aromatic nitrogens is 2. The van der Waals surface area contributed by atoms with Gasteiger partial charge in [0, 0.05) is 31.1 Å².